The van der Waals surface area contributed by atoms with Crippen LogP contribution in [0.5, 0.6) is 0 Å². The summed E-state index contributed by atoms with van der Waals surface area (Å²) in [6, 6.07) is 14.6. The standard InChI is InChI=1S/C23H19N3O3S/c1-14-8-9-15(2)19(10-14)20-13-30-23(25-20)26-21(27)17(12-24)11-16-6-4-5-7-18(16)22(28)29-3/h4-11,13H,1-3H3,(H,25,26,27)/b17-11+. The van der Waals surface area contributed by atoms with E-state index in [1.165, 1.54) is 24.5 Å². The SMILES string of the molecule is COC(=O)c1ccccc1/C=C(\C#N)C(=O)Nc1nc(-c2cc(C)ccc2C)cs1. The Morgan fingerprint density at radius 3 is 2.70 bits per heavy atom. The lowest BCUT2D eigenvalue weighted by molar-refractivity contribution is -0.112. The third-order valence-corrected chi connectivity index (χ3v) is 5.18. The van der Waals surface area contributed by atoms with Gasteiger partial charge in [0.2, 0.25) is 0 Å². The highest BCUT2D eigenvalue weighted by molar-refractivity contribution is 7.14. The van der Waals surface area contributed by atoms with Crippen molar-refractivity contribution in [3.05, 3.63) is 75.7 Å². The van der Waals surface area contributed by atoms with Crippen molar-refractivity contribution in [2.24, 2.45) is 0 Å². The van der Waals surface area contributed by atoms with Gasteiger partial charge in [-0.25, -0.2) is 9.78 Å². The molecule has 0 spiro atoms. The molecule has 0 unspecified atom stereocenters. The minimum atomic E-state index is -0.598. The Hall–Kier alpha value is -3.76. The second-order valence-electron chi connectivity index (χ2n) is 6.56. The van der Waals surface area contributed by atoms with Crippen LogP contribution >= 0.6 is 11.3 Å². The summed E-state index contributed by atoms with van der Waals surface area (Å²) in [5, 5.41) is 14.4. The van der Waals surface area contributed by atoms with Crippen molar-refractivity contribution < 1.29 is 14.3 Å². The molecule has 150 valence electrons. The summed E-state index contributed by atoms with van der Waals surface area (Å²) < 4.78 is 4.75. The van der Waals surface area contributed by atoms with E-state index in [9.17, 15) is 14.9 Å². The van der Waals surface area contributed by atoms with E-state index < -0.39 is 11.9 Å². The van der Waals surface area contributed by atoms with Crippen molar-refractivity contribution in [2.45, 2.75) is 13.8 Å². The Morgan fingerprint density at radius 1 is 1.20 bits per heavy atom. The van der Waals surface area contributed by atoms with Crippen molar-refractivity contribution in [3.8, 4) is 17.3 Å². The molecule has 0 bridgehead atoms. The van der Waals surface area contributed by atoms with Crippen LogP contribution in [0.25, 0.3) is 17.3 Å². The molecule has 0 aliphatic carbocycles. The van der Waals surface area contributed by atoms with Gasteiger partial charge in [-0.3, -0.25) is 10.1 Å². The average Bonchev–Trinajstić information content (AvgIpc) is 3.21. The van der Waals surface area contributed by atoms with Gasteiger partial charge in [-0.1, -0.05) is 35.9 Å². The monoisotopic (exact) mass is 417 g/mol. The maximum atomic E-state index is 12.6. The van der Waals surface area contributed by atoms with Crippen LogP contribution in [-0.4, -0.2) is 24.0 Å². The van der Waals surface area contributed by atoms with Crippen molar-refractivity contribution in [3.63, 3.8) is 0 Å². The Morgan fingerprint density at radius 2 is 1.97 bits per heavy atom. The Kier molecular flexibility index (Phi) is 6.40. The zero-order chi connectivity index (χ0) is 21.7. The number of benzene rings is 2. The van der Waals surface area contributed by atoms with E-state index in [1.807, 2.05) is 43.5 Å². The number of esters is 1. The highest BCUT2D eigenvalue weighted by Crippen LogP contribution is 2.28. The number of nitriles is 1. The predicted octanol–water partition coefficient (Wildman–Crippen LogP) is 4.76. The highest BCUT2D eigenvalue weighted by atomic mass is 32.1. The molecule has 0 saturated heterocycles. The van der Waals surface area contributed by atoms with E-state index in [4.69, 9.17) is 4.74 Å². The average molecular weight is 417 g/mol. The van der Waals surface area contributed by atoms with Crippen molar-refractivity contribution in [1.29, 1.82) is 5.26 Å². The normalized spacial score (nSPS) is 10.9. The van der Waals surface area contributed by atoms with Gasteiger partial charge in [0, 0.05) is 10.9 Å². The number of anilines is 1. The molecule has 1 heterocycles. The van der Waals surface area contributed by atoms with Crippen LogP contribution < -0.4 is 5.32 Å². The molecule has 3 aromatic rings. The van der Waals surface area contributed by atoms with Crippen LogP contribution in [0.2, 0.25) is 0 Å². The van der Waals surface area contributed by atoms with E-state index in [2.05, 4.69) is 10.3 Å². The minimum Gasteiger partial charge on any atom is -0.465 e. The molecule has 0 aliphatic rings. The van der Waals surface area contributed by atoms with Gasteiger partial charge in [0.05, 0.1) is 18.4 Å². The van der Waals surface area contributed by atoms with Gasteiger partial charge in [0.25, 0.3) is 5.91 Å². The molecular formula is C23H19N3O3S. The molecule has 6 nitrogen and oxygen atoms in total. The molecule has 1 aromatic heterocycles. The van der Waals surface area contributed by atoms with E-state index in [0.29, 0.717) is 10.7 Å². The number of hydrogen-bond acceptors (Lipinski definition) is 6. The maximum Gasteiger partial charge on any atom is 0.338 e. The first-order valence-electron chi connectivity index (χ1n) is 9.06. The zero-order valence-corrected chi connectivity index (χ0v) is 17.5. The summed E-state index contributed by atoms with van der Waals surface area (Å²) in [6.07, 6.45) is 1.36. The van der Waals surface area contributed by atoms with E-state index in [0.717, 1.165) is 22.4 Å². The van der Waals surface area contributed by atoms with Gasteiger partial charge in [-0.2, -0.15) is 5.26 Å². The number of aryl methyl sites for hydroxylation is 2. The van der Waals surface area contributed by atoms with Gasteiger partial charge >= 0.3 is 5.97 Å². The molecule has 2 aromatic carbocycles. The Labute approximate surface area is 178 Å². The molecule has 30 heavy (non-hydrogen) atoms. The highest BCUT2D eigenvalue weighted by Gasteiger charge is 2.16. The molecule has 0 fully saturated rings. The lowest BCUT2D eigenvalue weighted by Crippen LogP contribution is -2.13. The number of nitrogens with one attached hydrogen (secondary N) is 1. The van der Waals surface area contributed by atoms with Gasteiger partial charge in [0.15, 0.2) is 5.13 Å². The first-order chi connectivity index (χ1) is 14.4. The Balaban J connectivity index is 1.85. The number of carbonyl (C=O) groups is 2. The summed E-state index contributed by atoms with van der Waals surface area (Å²) in [5.74, 6) is -1.14. The first kappa shape index (κ1) is 21.0. The largest absolute Gasteiger partial charge is 0.465 e. The fraction of sp³-hybridized carbons (Fsp3) is 0.130. The number of carbonyl (C=O) groups excluding carboxylic acids is 2. The molecule has 0 saturated carbocycles. The quantitative estimate of drug-likeness (QED) is 0.367. The maximum absolute atomic E-state index is 12.6. The minimum absolute atomic E-state index is 0.144. The summed E-state index contributed by atoms with van der Waals surface area (Å²) >= 11 is 1.28. The van der Waals surface area contributed by atoms with Crippen molar-refractivity contribution in [1.82, 2.24) is 4.98 Å². The van der Waals surface area contributed by atoms with E-state index in [1.54, 1.807) is 24.3 Å². The molecule has 1 amide bonds. The third-order valence-electron chi connectivity index (χ3n) is 4.42. The fourth-order valence-electron chi connectivity index (χ4n) is 2.85. The lowest BCUT2D eigenvalue weighted by atomic mass is 10.0. The second kappa shape index (κ2) is 9.16. The van der Waals surface area contributed by atoms with Crippen LogP contribution in [0.4, 0.5) is 5.13 Å². The zero-order valence-electron chi connectivity index (χ0n) is 16.7. The topological polar surface area (TPSA) is 92.1 Å². The van der Waals surface area contributed by atoms with Gasteiger partial charge in [-0.05, 0) is 43.2 Å². The molecular weight excluding hydrogens is 398 g/mol. The van der Waals surface area contributed by atoms with Crippen LogP contribution in [0, 0.1) is 25.2 Å². The molecule has 7 heteroatoms. The smallest absolute Gasteiger partial charge is 0.338 e. The number of nitrogens with zero attached hydrogens (tertiary/aromatic N) is 2. The van der Waals surface area contributed by atoms with E-state index in [-0.39, 0.29) is 11.1 Å². The second-order valence-corrected chi connectivity index (χ2v) is 7.42. The molecule has 0 radical (unpaired) electrons. The van der Waals surface area contributed by atoms with E-state index >= 15 is 0 Å². The number of ether oxygens (including phenoxy) is 1. The number of methoxy groups -OCH3 is 1. The third kappa shape index (κ3) is 4.62. The summed E-state index contributed by atoms with van der Waals surface area (Å²) in [6.45, 7) is 4.01. The van der Waals surface area contributed by atoms with Crippen molar-refractivity contribution in [2.75, 3.05) is 12.4 Å². The molecule has 1 N–H and O–H groups in total. The number of aromatic nitrogens is 1. The predicted molar refractivity (Wildman–Crippen MR) is 117 cm³/mol. The number of thiazole rings is 1. The summed E-state index contributed by atoms with van der Waals surface area (Å²) in [7, 11) is 1.27. The van der Waals surface area contributed by atoms with Crippen LogP contribution in [0.1, 0.15) is 27.0 Å². The number of rotatable bonds is 5. The van der Waals surface area contributed by atoms with Gasteiger partial charge in [0.1, 0.15) is 11.6 Å². The summed E-state index contributed by atoms with van der Waals surface area (Å²) in [4.78, 5) is 29.0. The summed E-state index contributed by atoms with van der Waals surface area (Å²) in [5.41, 5.74) is 4.51. The Bertz CT molecular complexity index is 1190. The molecule has 0 aliphatic heterocycles. The van der Waals surface area contributed by atoms with Crippen LogP contribution in [0.15, 0.2) is 53.4 Å². The first-order valence-corrected chi connectivity index (χ1v) is 9.94. The molecule has 3 rings (SSSR count). The number of amides is 1. The van der Waals surface area contributed by atoms with Gasteiger partial charge in [-0.15, -0.1) is 11.3 Å². The van der Waals surface area contributed by atoms with Crippen molar-refractivity contribution >= 4 is 34.4 Å². The van der Waals surface area contributed by atoms with Crippen LogP contribution in [0.3, 0.4) is 0 Å². The fourth-order valence-corrected chi connectivity index (χ4v) is 3.56. The van der Waals surface area contributed by atoms with Gasteiger partial charge < -0.3 is 4.74 Å². The lowest BCUT2D eigenvalue weighted by Gasteiger charge is -2.05. The molecule has 0 atom stereocenters. The van der Waals surface area contributed by atoms with Crippen LogP contribution in [-0.2, 0) is 9.53 Å². The number of hydrogen-bond donors (Lipinski definition) is 1.